The molecular weight excluding hydrogens is 251 g/mol. The molecule has 18 heavy (non-hydrogen) atoms. The summed E-state index contributed by atoms with van der Waals surface area (Å²) in [5, 5.41) is 0.693. The Balaban J connectivity index is 2.19. The van der Waals surface area contributed by atoms with Crippen molar-refractivity contribution in [3.05, 3.63) is 52.8 Å². The van der Waals surface area contributed by atoms with Crippen molar-refractivity contribution in [2.24, 2.45) is 0 Å². The van der Waals surface area contributed by atoms with E-state index in [-0.39, 0.29) is 5.82 Å². The second kappa shape index (κ2) is 4.10. The van der Waals surface area contributed by atoms with Crippen LogP contribution in [-0.2, 0) is 0 Å². The van der Waals surface area contributed by atoms with Crippen LogP contribution in [0.2, 0.25) is 5.02 Å². The first kappa shape index (κ1) is 11.2. The molecule has 3 rings (SSSR count). The molecule has 0 unspecified atom stereocenters. The van der Waals surface area contributed by atoms with Crippen LogP contribution in [0.3, 0.4) is 0 Å². The second-order valence-electron chi connectivity index (χ2n) is 4.21. The first-order valence-electron chi connectivity index (χ1n) is 5.55. The fourth-order valence-corrected chi connectivity index (χ4v) is 2.23. The summed E-state index contributed by atoms with van der Waals surface area (Å²) in [4.78, 5) is 7.57. The number of fused-ring (bicyclic) bond motifs is 1. The van der Waals surface area contributed by atoms with E-state index in [0.717, 1.165) is 22.5 Å². The molecule has 3 aromatic rings. The Bertz CT molecular complexity index is 734. The molecule has 2 nitrogen and oxygen atoms in total. The second-order valence-corrected chi connectivity index (χ2v) is 4.64. The third kappa shape index (κ3) is 1.87. The molecule has 0 spiro atoms. The number of nitrogens with zero attached hydrogens (tertiary/aromatic N) is 1. The molecule has 1 N–H and O–H groups in total. The van der Waals surface area contributed by atoms with Crippen molar-refractivity contribution < 1.29 is 4.39 Å². The van der Waals surface area contributed by atoms with Crippen LogP contribution in [0.1, 0.15) is 5.56 Å². The van der Waals surface area contributed by atoms with Gasteiger partial charge >= 0.3 is 0 Å². The van der Waals surface area contributed by atoms with Gasteiger partial charge in [-0.05, 0) is 48.9 Å². The van der Waals surface area contributed by atoms with Crippen molar-refractivity contribution in [2.45, 2.75) is 6.92 Å². The van der Waals surface area contributed by atoms with Crippen LogP contribution >= 0.6 is 11.6 Å². The summed E-state index contributed by atoms with van der Waals surface area (Å²) < 4.78 is 13.1. The number of imidazole rings is 1. The molecule has 0 aliphatic heterocycles. The Morgan fingerprint density at radius 3 is 2.78 bits per heavy atom. The van der Waals surface area contributed by atoms with Crippen molar-refractivity contribution in [1.82, 2.24) is 9.97 Å². The quantitative estimate of drug-likeness (QED) is 0.693. The lowest BCUT2D eigenvalue weighted by atomic mass is 10.1. The maximum atomic E-state index is 13.1. The largest absolute Gasteiger partial charge is 0.338 e. The molecule has 0 fully saturated rings. The maximum absolute atomic E-state index is 13.1. The molecule has 0 atom stereocenters. The van der Waals surface area contributed by atoms with Gasteiger partial charge in [0.05, 0.1) is 11.0 Å². The summed E-state index contributed by atoms with van der Waals surface area (Å²) in [6.07, 6.45) is 0. The van der Waals surface area contributed by atoms with Gasteiger partial charge in [0.2, 0.25) is 0 Å². The minimum atomic E-state index is -0.273. The summed E-state index contributed by atoms with van der Waals surface area (Å²) in [7, 11) is 0. The zero-order chi connectivity index (χ0) is 12.7. The normalized spacial score (nSPS) is 11.1. The highest BCUT2D eigenvalue weighted by Crippen LogP contribution is 2.26. The first-order chi connectivity index (χ1) is 8.63. The van der Waals surface area contributed by atoms with E-state index in [4.69, 9.17) is 11.6 Å². The summed E-state index contributed by atoms with van der Waals surface area (Å²) in [5.74, 6) is 0.454. The fraction of sp³-hybridized carbons (Fsp3) is 0.0714. The Morgan fingerprint density at radius 1 is 1.17 bits per heavy atom. The first-order valence-corrected chi connectivity index (χ1v) is 5.93. The monoisotopic (exact) mass is 260 g/mol. The van der Waals surface area contributed by atoms with Crippen LogP contribution < -0.4 is 0 Å². The topological polar surface area (TPSA) is 28.7 Å². The van der Waals surface area contributed by atoms with E-state index in [1.54, 1.807) is 6.07 Å². The van der Waals surface area contributed by atoms with Gasteiger partial charge in [-0.1, -0.05) is 11.6 Å². The summed E-state index contributed by atoms with van der Waals surface area (Å²) in [6, 6.07) is 10.1. The lowest BCUT2D eigenvalue weighted by Crippen LogP contribution is -1.84. The SMILES string of the molecule is Cc1cc(Cl)ccc1-c1nc2ccc(F)cc2[nH]1. The van der Waals surface area contributed by atoms with Crippen molar-refractivity contribution in [3.63, 3.8) is 0 Å². The average molecular weight is 261 g/mol. The van der Waals surface area contributed by atoms with Crippen molar-refractivity contribution in [2.75, 3.05) is 0 Å². The van der Waals surface area contributed by atoms with Gasteiger partial charge in [-0.2, -0.15) is 0 Å². The summed E-state index contributed by atoms with van der Waals surface area (Å²) in [5.41, 5.74) is 3.44. The van der Waals surface area contributed by atoms with E-state index < -0.39 is 0 Å². The van der Waals surface area contributed by atoms with Gasteiger partial charge in [-0.3, -0.25) is 0 Å². The molecule has 0 amide bonds. The average Bonchev–Trinajstić information content (AvgIpc) is 2.71. The van der Waals surface area contributed by atoms with E-state index in [1.165, 1.54) is 12.1 Å². The van der Waals surface area contributed by atoms with Crippen LogP contribution in [0.4, 0.5) is 4.39 Å². The standard InChI is InChI=1S/C14H10ClFN2/c1-8-6-9(15)2-4-11(8)14-17-12-5-3-10(16)7-13(12)18-14/h2-7H,1H3,(H,17,18). The Morgan fingerprint density at radius 2 is 2.00 bits per heavy atom. The molecule has 4 heteroatoms. The highest BCUT2D eigenvalue weighted by atomic mass is 35.5. The van der Waals surface area contributed by atoms with Crippen molar-refractivity contribution in [1.29, 1.82) is 0 Å². The Hall–Kier alpha value is -1.87. The fourth-order valence-electron chi connectivity index (χ4n) is 2.00. The van der Waals surface area contributed by atoms with Crippen molar-refractivity contribution in [3.8, 4) is 11.4 Å². The van der Waals surface area contributed by atoms with Gasteiger partial charge in [0, 0.05) is 10.6 Å². The molecule has 0 saturated carbocycles. The molecular formula is C14H10ClFN2. The highest BCUT2D eigenvalue weighted by molar-refractivity contribution is 6.30. The number of H-pyrrole nitrogens is 1. The third-order valence-corrected chi connectivity index (χ3v) is 3.12. The molecule has 0 bridgehead atoms. The number of aromatic amines is 1. The summed E-state index contributed by atoms with van der Waals surface area (Å²) >= 11 is 5.92. The van der Waals surface area contributed by atoms with Gasteiger partial charge in [0.15, 0.2) is 0 Å². The molecule has 0 aliphatic rings. The Kier molecular flexibility index (Phi) is 2.56. The lowest BCUT2D eigenvalue weighted by Gasteiger charge is -2.02. The molecule has 1 heterocycles. The number of hydrogen-bond acceptors (Lipinski definition) is 1. The lowest BCUT2D eigenvalue weighted by molar-refractivity contribution is 0.629. The molecule has 0 aliphatic carbocycles. The van der Waals surface area contributed by atoms with Gasteiger partial charge in [-0.25, -0.2) is 9.37 Å². The number of aromatic nitrogens is 2. The number of hydrogen-bond donors (Lipinski definition) is 1. The predicted molar refractivity (Wildman–Crippen MR) is 71.2 cm³/mol. The van der Waals surface area contributed by atoms with Crippen LogP contribution in [0.25, 0.3) is 22.4 Å². The Labute approximate surface area is 108 Å². The maximum Gasteiger partial charge on any atom is 0.138 e. The van der Waals surface area contributed by atoms with E-state index in [0.29, 0.717) is 10.5 Å². The van der Waals surface area contributed by atoms with E-state index in [2.05, 4.69) is 9.97 Å². The number of nitrogens with one attached hydrogen (secondary N) is 1. The minimum Gasteiger partial charge on any atom is -0.338 e. The van der Waals surface area contributed by atoms with Crippen LogP contribution in [0, 0.1) is 12.7 Å². The number of benzene rings is 2. The predicted octanol–water partition coefficient (Wildman–Crippen LogP) is 4.33. The van der Waals surface area contributed by atoms with Gasteiger partial charge in [0.25, 0.3) is 0 Å². The zero-order valence-corrected chi connectivity index (χ0v) is 10.4. The van der Waals surface area contributed by atoms with Crippen LogP contribution in [0.5, 0.6) is 0 Å². The zero-order valence-electron chi connectivity index (χ0n) is 9.67. The number of rotatable bonds is 1. The smallest absolute Gasteiger partial charge is 0.138 e. The summed E-state index contributed by atoms with van der Waals surface area (Å²) in [6.45, 7) is 1.97. The van der Waals surface area contributed by atoms with Crippen LogP contribution in [0.15, 0.2) is 36.4 Å². The molecule has 1 aromatic heterocycles. The molecule has 2 aromatic carbocycles. The van der Waals surface area contributed by atoms with Gasteiger partial charge in [0.1, 0.15) is 11.6 Å². The molecule has 90 valence electrons. The van der Waals surface area contributed by atoms with Gasteiger partial charge < -0.3 is 4.98 Å². The minimum absolute atomic E-state index is 0.273. The highest BCUT2D eigenvalue weighted by Gasteiger charge is 2.08. The molecule has 0 radical (unpaired) electrons. The molecule has 0 saturated heterocycles. The number of aryl methyl sites for hydroxylation is 1. The van der Waals surface area contributed by atoms with E-state index in [9.17, 15) is 4.39 Å². The van der Waals surface area contributed by atoms with E-state index >= 15 is 0 Å². The van der Waals surface area contributed by atoms with Crippen LogP contribution in [-0.4, -0.2) is 9.97 Å². The van der Waals surface area contributed by atoms with Crippen molar-refractivity contribution >= 4 is 22.6 Å². The number of halogens is 2. The third-order valence-electron chi connectivity index (χ3n) is 2.89. The van der Waals surface area contributed by atoms with Gasteiger partial charge in [-0.15, -0.1) is 0 Å². The van der Waals surface area contributed by atoms with E-state index in [1.807, 2.05) is 25.1 Å².